The van der Waals surface area contributed by atoms with E-state index in [-0.39, 0.29) is 5.82 Å². The highest BCUT2D eigenvalue weighted by molar-refractivity contribution is 5.54. The molecule has 0 amide bonds. The van der Waals surface area contributed by atoms with E-state index >= 15 is 0 Å². The third-order valence-corrected chi connectivity index (χ3v) is 2.22. The largest absolute Gasteiger partial charge is 0.399 e. The minimum absolute atomic E-state index is 0.328. The molecule has 1 aliphatic heterocycles. The molecule has 1 fully saturated rings. The van der Waals surface area contributed by atoms with Crippen LogP contribution in [0.2, 0.25) is 0 Å². The summed E-state index contributed by atoms with van der Waals surface area (Å²) in [6.45, 7) is 2.96. The van der Waals surface area contributed by atoms with E-state index in [4.69, 9.17) is 10.5 Å². The Hall–Kier alpha value is -1.33. The molecule has 0 unspecified atom stereocenters. The monoisotopic (exact) mass is 211 g/mol. The summed E-state index contributed by atoms with van der Waals surface area (Å²) in [7, 11) is 0. The summed E-state index contributed by atoms with van der Waals surface area (Å²) in [5, 5.41) is 1.98. The van der Waals surface area contributed by atoms with Crippen LogP contribution in [0.5, 0.6) is 0 Å². The SMILES string of the molecule is Nc1cc(F)cc(NN2CCOCC2)c1. The summed E-state index contributed by atoms with van der Waals surface area (Å²) < 4.78 is 18.2. The van der Waals surface area contributed by atoms with Gasteiger partial charge in [-0.3, -0.25) is 0 Å². The first kappa shape index (κ1) is 10.2. The topological polar surface area (TPSA) is 50.5 Å². The Balaban J connectivity index is 2.02. The van der Waals surface area contributed by atoms with Gasteiger partial charge in [0.2, 0.25) is 0 Å². The quantitative estimate of drug-likeness (QED) is 0.718. The molecule has 2 rings (SSSR count). The fraction of sp³-hybridized carbons (Fsp3) is 0.400. The molecule has 0 bridgehead atoms. The van der Waals surface area contributed by atoms with Gasteiger partial charge in [-0.2, -0.15) is 0 Å². The Morgan fingerprint density at radius 2 is 2.00 bits per heavy atom. The van der Waals surface area contributed by atoms with E-state index in [9.17, 15) is 4.39 Å². The zero-order valence-electron chi connectivity index (χ0n) is 8.37. The molecule has 0 spiro atoms. The molecule has 1 saturated heterocycles. The highest BCUT2D eigenvalue weighted by Gasteiger charge is 2.10. The van der Waals surface area contributed by atoms with Gasteiger partial charge in [-0.1, -0.05) is 0 Å². The van der Waals surface area contributed by atoms with Crippen LogP contribution in [0.25, 0.3) is 0 Å². The molecule has 82 valence electrons. The number of ether oxygens (including phenoxy) is 1. The highest BCUT2D eigenvalue weighted by atomic mass is 19.1. The molecule has 4 nitrogen and oxygen atoms in total. The number of morpholine rings is 1. The normalized spacial score (nSPS) is 17.7. The second kappa shape index (κ2) is 4.46. The van der Waals surface area contributed by atoms with Crippen molar-refractivity contribution >= 4 is 11.4 Å². The zero-order chi connectivity index (χ0) is 10.7. The smallest absolute Gasteiger partial charge is 0.127 e. The van der Waals surface area contributed by atoms with E-state index in [0.29, 0.717) is 24.6 Å². The van der Waals surface area contributed by atoms with Crippen molar-refractivity contribution < 1.29 is 9.13 Å². The average molecular weight is 211 g/mol. The second-order valence-electron chi connectivity index (χ2n) is 3.48. The van der Waals surface area contributed by atoms with Gasteiger partial charge in [0.1, 0.15) is 5.82 Å². The van der Waals surface area contributed by atoms with E-state index in [1.54, 1.807) is 6.07 Å². The minimum Gasteiger partial charge on any atom is -0.399 e. The molecule has 15 heavy (non-hydrogen) atoms. The van der Waals surface area contributed by atoms with Crippen LogP contribution < -0.4 is 11.2 Å². The highest BCUT2D eigenvalue weighted by Crippen LogP contribution is 2.16. The summed E-state index contributed by atoms with van der Waals surface area (Å²) in [6.07, 6.45) is 0. The van der Waals surface area contributed by atoms with Crippen LogP contribution in [0.1, 0.15) is 0 Å². The van der Waals surface area contributed by atoms with Gasteiger partial charge < -0.3 is 15.9 Å². The molecule has 5 heteroatoms. The third-order valence-electron chi connectivity index (χ3n) is 2.22. The van der Waals surface area contributed by atoms with Crippen molar-refractivity contribution in [3.63, 3.8) is 0 Å². The summed E-state index contributed by atoms with van der Waals surface area (Å²) in [5.74, 6) is -0.328. The van der Waals surface area contributed by atoms with Gasteiger partial charge in [0, 0.05) is 18.8 Å². The molecule has 0 atom stereocenters. The van der Waals surface area contributed by atoms with E-state index in [1.165, 1.54) is 12.1 Å². The van der Waals surface area contributed by atoms with E-state index in [0.717, 1.165) is 13.1 Å². The summed E-state index contributed by atoms with van der Waals surface area (Å²) in [4.78, 5) is 0. The number of nitrogens with two attached hydrogens (primary N) is 1. The lowest BCUT2D eigenvalue weighted by atomic mass is 10.3. The zero-order valence-corrected chi connectivity index (χ0v) is 8.37. The van der Waals surface area contributed by atoms with E-state index in [2.05, 4.69) is 5.43 Å². The first-order valence-corrected chi connectivity index (χ1v) is 4.89. The molecule has 0 radical (unpaired) electrons. The van der Waals surface area contributed by atoms with Gasteiger partial charge in [-0.25, -0.2) is 9.40 Å². The number of halogens is 1. The molecular weight excluding hydrogens is 197 g/mol. The predicted octanol–water partition coefficient (Wildman–Crippen LogP) is 1.07. The Bertz CT molecular complexity index is 319. The summed E-state index contributed by atoms with van der Waals surface area (Å²) >= 11 is 0. The minimum atomic E-state index is -0.328. The van der Waals surface area contributed by atoms with Crippen molar-refractivity contribution in [2.45, 2.75) is 0 Å². The summed E-state index contributed by atoms with van der Waals surface area (Å²) in [6, 6.07) is 4.43. The van der Waals surface area contributed by atoms with Gasteiger partial charge in [-0.15, -0.1) is 0 Å². The second-order valence-corrected chi connectivity index (χ2v) is 3.48. The first-order chi connectivity index (χ1) is 7.24. The maximum absolute atomic E-state index is 13.0. The Kier molecular flexibility index (Phi) is 3.03. The number of nitrogens with zero attached hydrogens (tertiary/aromatic N) is 1. The van der Waals surface area contributed by atoms with Crippen molar-refractivity contribution in [2.24, 2.45) is 0 Å². The maximum atomic E-state index is 13.0. The van der Waals surface area contributed by atoms with E-state index < -0.39 is 0 Å². The Labute approximate surface area is 87.8 Å². The van der Waals surface area contributed by atoms with Crippen LogP contribution >= 0.6 is 0 Å². The lowest BCUT2D eigenvalue weighted by molar-refractivity contribution is 0.0497. The van der Waals surface area contributed by atoms with Gasteiger partial charge in [-0.05, 0) is 18.2 Å². The van der Waals surface area contributed by atoms with Gasteiger partial charge in [0.15, 0.2) is 0 Å². The molecule has 1 aromatic carbocycles. The number of benzene rings is 1. The molecule has 1 aliphatic rings. The average Bonchev–Trinajstić information content (AvgIpc) is 2.17. The summed E-state index contributed by atoms with van der Waals surface area (Å²) in [5.41, 5.74) is 9.73. The van der Waals surface area contributed by atoms with Crippen LogP contribution in [0.15, 0.2) is 18.2 Å². The standard InChI is InChI=1S/C10H14FN3O/c11-8-5-9(12)7-10(6-8)13-14-1-3-15-4-2-14/h5-7,13H,1-4,12H2. The van der Waals surface area contributed by atoms with Crippen molar-refractivity contribution in [1.82, 2.24) is 5.01 Å². The number of hydrazine groups is 1. The van der Waals surface area contributed by atoms with Crippen LogP contribution in [-0.2, 0) is 4.74 Å². The van der Waals surface area contributed by atoms with Crippen molar-refractivity contribution in [2.75, 3.05) is 37.5 Å². The fourth-order valence-corrected chi connectivity index (χ4v) is 1.53. The van der Waals surface area contributed by atoms with Crippen molar-refractivity contribution in [1.29, 1.82) is 0 Å². The van der Waals surface area contributed by atoms with Gasteiger partial charge in [0.05, 0.1) is 18.9 Å². The number of hydrogen-bond acceptors (Lipinski definition) is 4. The molecular formula is C10H14FN3O. The first-order valence-electron chi connectivity index (χ1n) is 4.89. The molecule has 3 N–H and O–H groups in total. The van der Waals surface area contributed by atoms with Crippen LogP contribution in [0.3, 0.4) is 0 Å². The third kappa shape index (κ3) is 2.81. The Morgan fingerprint density at radius 3 is 2.67 bits per heavy atom. The van der Waals surface area contributed by atoms with Crippen molar-refractivity contribution in [3.05, 3.63) is 24.0 Å². The van der Waals surface area contributed by atoms with Crippen LogP contribution in [-0.4, -0.2) is 31.3 Å². The number of anilines is 2. The maximum Gasteiger partial charge on any atom is 0.127 e. The fourth-order valence-electron chi connectivity index (χ4n) is 1.53. The molecule has 0 saturated carbocycles. The van der Waals surface area contributed by atoms with Crippen molar-refractivity contribution in [3.8, 4) is 0 Å². The van der Waals surface area contributed by atoms with E-state index in [1.807, 2.05) is 5.01 Å². The molecule has 0 aliphatic carbocycles. The molecule has 1 heterocycles. The lowest BCUT2D eigenvalue weighted by Gasteiger charge is -2.28. The number of nitrogen functional groups attached to an aromatic ring is 1. The van der Waals surface area contributed by atoms with Crippen LogP contribution in [0, 0.1) is 5.82 Å². The molecule has 0 aromatic heterocycles. The lowest BCUT2D eigenvalue weighted by Crippen LogP contribution is -2.40. The predicted molar refractivity (Wildman–Crippen MR) is 56.8 cm³/mol. The Morgan fingerprint density at radius 1 is 1.27 bits per heavy atom. The number of hydrogen-bond donors (Lipinski definition) is 2. The number of nitrogens with one attached hydrogen (secondary N) is 1. The van der Waals surface area contributed by atoms with Gasteiger partial charge >= 0.3 is 0 Å². The van der Waals surface area contributed by atoms with Crippen LogP contribution in [0.4, 0.5) is 15.8 Å². The number of rotatable bonds is 2. The molecule has 1 aromatic rings. The van der Waals surface area contributed by atoms with Gasteiger partial charge in [0.25, 0.3) is 0 Å².